The van der Waals surface area contributed by atoms with E-state index in [0.29, 0.717) is 0 Å². The van der Waals surface area contributed by atoms with Crippen LogP contribution in [-0.4, -0.2) is 47.6 Å². The molecule has 0 saturated carbocycles. The number of hydrogen-bond acceptors (Lipinski definition) is 3. The van der Waals surface area contributed by atoms with Crippen molar-refractivity contribution in [3.63, 3.8) is 0 Å². The summed E-state index contributed by atoms with van der Waals surface area (Å²) in [5.74, 6) is -0.118. The van der Waals surface area contributed by atoms with E-state index in [-0.39, 0.29) is 49.1 Å². The average molecular weight is 355 g/mol. The van der Waals surface area contributed by atoms with Crippen molar-refractivity contribution in [2.75, 3.05) is 0 Å². The van der Waals surface area contributed by atoms with Crippen molar-refractivity contribution >= 4 is 71.5 Å². The normalized spacial score (nSPS) is 10.8. The molecule has 0 atom stereocenters. The van der Waals surface area contributed by atoms with E-state index in [1.54, 1.807) is 0 Å². The summed E-state index contributed by atoms with van der Waals surface area (Å²) in [5, 5.41) is 9.23. The summed E-state index contributed by atoms with van der Waals surface area (Å²) >= 11 is 5.87. The van der Waals surface area contributed by atoms with E-state index in [4.69, 9.17) is 4.55 Å². The Kier molecular flexibility index (Phi) is 5.62. The molecule has 0 unspecified atom stereocenters. The molecule has 1 radical (unpaired) electrons. The molecule has 0 spiro atoms. The molecule has 2 N–H and O–H groups in total. The number of phenolic OH excluding ortho intramolecular Hbond substituents is 1. The van der Waals surface area contributed by atoms with Gasteiger partial charge in [0.1, 0.15) is 5.75 Å². The molecular weight excluding hydrogens is 351 g/mol. The number of rotatable bonds is 1. The maximum absolute atomic E-state index is 10.7. The fraction of sp³-hybridized carbons (Fsp3) is 0. The minimum Gasteiger partial charge on any atom is -0.506 e. The Labute approximate surface area is 120 Å². The summed E-state index contributed by atoms with van der Waals surface area (Å²) in [6.45, 7) is 0. The van der Waals surface area contributed by atoms with Crippen molar-refractivity contribution < 1.29 is 18.1 Å². The van der Waals surface area contributed by atoms with Gasteiger partial charge in [-0.25, -0.2) is 0 Å². The minimum atomic E-state index is -4.24. The zero-order chi connectivity index (χ0) is 10.2. The molecule has 0 amide bonds. The number of halogens is 2. The maximum atomic E-state index is 10.7. The predicted octanol–water partition coefficient (Wildman–Crippen LogP) is 1.78. The van der Waals surface area contributed by atoms with Crippen molar-refractivity contribution in [3.8, 4) is 5.75 Å². The second kappa shape index (κ2) is 5.29. The minimum absolute atomic E-state index is 0. The zero-order valence-corrected chi connectivity index (χ0v) is 13.0. The predicted molar refractivity (Wildman–Crippen MR) is 59.1 cm³/mol. The van der Waals surface area contributed by atoms with Crippen molar-refractivity contribution in [1.82, 2.24) is 0 Å². The van der Waals surface area contributed by atoms with Crippen LogP contribution in [-0.2, 0) is 10.1 Å². The Bertz CT molecular complexity index is 422. The van der Waals surface area contributed by atoms with Crippen molar-refractivity contribution in [1.29, 1.82) is 0 Å². The van der Waals surface area contributed by atoms with Crippen molar-refractivity contribution in [3.05, 3.63) is 21.1 Å². The third kappa shape index (κ3) is 3.48. The van der Waals surface area contributed by atoms with E-state index < -0.39 is 10.1 Å². The number of hydrogen-bond donors (Lipinski definition) is 2. The van der Waals surface area contributed by atoms with E-state index >= 15 is 0 Å². The molecule has 0 aliphatic carbocycles. The zero-order valence-electron chi connectivity index (χ0n) is 7.03. The van der Waals surface area contributed by atoms with Gasteiger partial charge in [0.25, 0.3) is 10.1 Å². The van der Waals surface area contributed by atoms with Gasteiger partial charge in [-0.3, -0.25) is 4.55 Å². The molecule has 1 rings (SSSR count). The van der Waals surface area contributed by atoms with Gasteiger partial charge in [-0.1, -0.05) is 0 Å². The molecule has 8 heteroatoms. The summed E-state index contributed by atoms with van der Waals surface area (Å²) in [4.78, 5) is -0.288. The van der Waals surface area contributed by atoms with Crippen LogP contribution in [0, 0.1) is 0 Å². The van der Waals surface area contributed by atoms with Gasteiger partial charge in [-0.2, -0.15) is 8.42 Å². The van der Waals surface area contributed by atoms with Crippen LogP contribution in [0.25, 0.3) is 0 Å². The molecule has 0 aromatic heterocycles. The molecule has 0 fully saturated rings. The van der Waals surface area contributed by atoms with E-state index in [9.17, 15) is 13.5 Å². The molecule has 73 valence electrons. The standard InChI is InChI=1S/C6H4Br2O4S.Na/c7-4-1-3(13(10,11)12)2-5(8)6(4)9;/h1-2,9H,(H,10,11,12);. The number of benzene rings is 1. The molecule has 4 nitrogen and oxygen atoms in total. The number of phenols is 1. The van der Waals surface area contributed by atoms with E-state index in [2.05, 4.69) is 31.9 Å². The van der Waals surface area contributed by atoms with Crippen LogP contribution in [0.5, 0.6) is 5.75 Å². The quantitative estimate of drug-likeness (QED) is 0.595. The Morgan fingerprint density at radius 3 is 1.79 bits per heavy atom. The average Bonchev–Trinajstić information content (AvgIpc) is 1.97. The van der Waals surface area contributed by atoms with E-state index in [1.165, 1.54) is 0 Å². The summed E-state index contributed by atoms with van der Waals surface area (Å²) in [7, 11) is -4.24. The van der Waals surface area contributed by atoms with Gasteiger partial charge in [0, 0.05) is 29.6 Å². The van der Waals surface area contributed by atoms with Crippen LogP contribution < -0.4 is 0 Å². The van der Waals surface area contributed by atoms with Gasteiger partial charge in [0.15, 0.2) is 0 Å². The van der Waals surface area contributed by atoms with Gasteiger partial charge >= 0.3 is 0 Å². The van der Waals surface area contributed by atoms with Gasteiger partial charge in [0.2, 0.25) is 0 Å². The second-order valence-corrected chi connectivity index (χ2v) is 5.34. The van der Waals surface area contributed by atoms with Crippen LogP contribution in [0.3, 0.4) is 0 Å². The first kappa shape index (κ1) is 14.9. The first-order valence-electron chi connectivity index (χ1n) is 2.98. The molecule has 0 aliphatic heterocycles. The third-order valence-corrected chi connectivity index (χ3v) is 3.33. The number of aromatic hydroxyl groups is 1. The van der Waals surface area contributed by atoms with Crippen LogP contribution in [0.2, 0.25) is 0 Å². The maximum Gasteiger partial charge on any atom is 0.294 e. The molecule has 1 aromatic carbocycles. The van der Waals surface area contributed by atoms with Crippen LogP contribution in [0.1, 0.15) is 0 Å². The van der Waals surface area contributed by atoms with Crippen LogP contribution in [0.4, 0.5) is 0 Å². The van der Waals surface area contributed by atoms with Crippen molar-refractivity contribution in [2.45, 2.75) is 4.90 Å². The van der Waals surface area contributed by atoms with Crippen LogP contribution >= 0.6 is 31.9 Å². The molecule has 0 heterocycles. The molecule has 0 aliphatic rings. The largest absolute Gasteiger partial charge is 0.506 e. The van der Waals surface area contributed by atoms with E-state index in [0.717, 1.165) is 12.1 Å². The van der Waals surface area contributed by atoms with Crippen LogP contribution in [0.15, 0.2) is 26.0 Å². The fourth-order valence-electron chi connectivity index (χ4n) is 0.691. The fourth-order valence-corrected chi connectivity index (χ4v) is 2.71. The summed E-state index contributed by atoms with van der Waals surface area (Å²) in [6, 6.07) is 2.21. The third-order valence-electron chi connectivity index (χ3n) is 1.29. The first-order valence-corrected chi connectivity index (χ1v) is 6.00. The molecule has 0 bridgehead atoms. The summed E-state index contributed by atoms with van der Waals surface area (Å²) < 4.78 is 30.4. The second-order valence-electron chi connectivity index (χ2n) is 2.21. The van der Waals surface area contributed by atoms with Gasteiger partial charge < -0.3 is 5.11 Å². The Balaban J connectivity index is 0.00000169. The molecule has 0 saturated heterocycles. The first-order chi connectivity index (χ1) is 5.82. The van der Waals surface area contributed by atoms with Gasteiger partial charge in [-0.15, -0.1) is 0 Å². The molecular formula is C6H4Br2NaO4S. The SMILES string of the molecule is O=S(=O)(O)c1cc(Br)c(O)c(Br)c1.[Na]. The van der Waals surface area contributed by atoms with Crippen molar-refractivity contribution in [2.24, 2.45) is 0 Å². The Morgan fingerprint density at radius 1 is 1.14 bits per heavy atom. The smallest absolute Gasteiger partial charge is 0.294 e. The molecule has 1 aromatic rings. The van der Waals surface area contributed by atoms with Gasteiger partial charge in [-0.05, 0) is 44.0 Å². The van der Waals surface area contributed by atoms with Gasteiger partial charge in [0.05, 0.1) is 13.8 Å². The Hall–Kier alpha value is 0.890. The monoisotopic (exact) mass is 353 g/mol. The summed E-state index contributed by atoms with van der Waals surface area (Å²) in [6.07, 6.45) is 0. The van der Waals surface area contributed by atoms with E-state index in [1.807, 2.05) is 0 Å². The topological polar surface area (TPSA) is 74.6 Å². The Morgan fingerprint density at radius 2 is 1.50 bits per heavy atom. The summed E-state index contributed by atoms with van der Waals surface area (Å²) in [5.41, 5.74) is 0. The molecule has 14 heavy (non-hydrogen) atoms.